The largest absolute Gasteiger partial charge is 0.482 e. The fourth-order valence-corrected chi connectivity index (χ4v) is 4.30. The van der Waals surface area contributed by atoms with Crippen LogP contribution in [-0.4, -0.2) is 42.8 Å². The minimum Gasteiger partial charge on any atom is -0.482 e. The number of hydrazone groups is 1. The highest BCUT2D eigenvalue weighted by atomic mass is 16.5. The smallest absolute Gasteiger partial charge is 0.262 e. The average molecular weight is 511 g/mol. The third-order valence-electron chi connectivity index (χ3n) is 6.10. The van der Waals surface area contributed by atoms with Crippen molar-refractivity contribution in [2.24, 2.45) is 5.10 Å². The van der Waals surface area contributed by atoms with E-state index in [0.29, 0.717) is 5.90 Å². The van der Waals surface area contributed by atoms with E-state index in [0.717, 1.165) is 35.1 Å². The first-order valence-electron chi connectivity index (χ1n) is 13.0. The highest BCUT2D eigenvalue weighted by molar-refractivity contribution is 6.14. The first-order valence-corrected chi connectivity index (χ1v) is 13.0. The summed E-state index contributed by atoms with van der Waals surface area (Å²) in [5.41, 5.74) is 7.81. The van der Waals surface area contributed by atoms with E-state index in [9.17, 15) is 14.4 Å². The lowest BCUT2D eigenvalue weighted by atomic mass is 9.78. The van der Waals surface area contributed by atoms with Crippen molar-refractivity contribution in [2.75, 3.05) is 14.2 Å². The molecule has 1 fully saturated rings. The number of likely N-dealkylation sites (N-methyl/N-ethyl adjacent to an activating group) is 1. The zero-order valence-corrected chi connectivity index (χ0v) is 23.6. The number of amides is 3. The maximum atomic E-state index is 12.4. The molecule has 2 aromatic rings. The Hall–Kier alpha value is -3.68. The van der Waals surface area contributed by atoms with Crippen LogP contribution < -0.4 is 10.9 Å². The molecule has 2 heterocycles. The van der Waals surface area contributed by atoms with Gasteiger partial charge in [-0.25, -0.2) is 5.01 Å². The summed E-state index contributed by atoms with van der Waals surface area (Å²) < 4.78 is 5.31. The standard InChI is InChI=1S/C14H18N2O2.C11H12N2O2.2C2H6/c1-5-10-8-6-7-9-11(10)14(2)12(18-4)15-16(3)13(14)17;1-2-7-5-3-4-6-8(7)9-10(14)12-13-11(9)15;2*1-2/h6-9H,5H2,1-4H3;3-6,9H,2H2,1H3,(H,12,14)(H,13,15);2*1-2H3. The summed E-state index contributed by atoms with van der Waals surface area (Å²) in [4.78, 5) is 35.3. The van der Waals surface area contributed by atoms with E-state index < -0.39 is 11.3 Å². The predicted molar refractivity (Wildman–Crippen MR) is 148 cm³/mol. The summed E-state index contributed by atoms with van der Waals surface area (Å²) in [6.07, 6.45) is 1.69. The zero-order chi connectivity index (χ0) is 28.2. The molecule has 0 aliphatic carbocycles. The molecule has 2 aliphatic heterocycles. The van der Waals surface area contributed by atoms with Crippen LogP contribution in [0.3, 0.4) is 0 Å². The lowest BCUT2D eigenvalue weighted by molar-refractivity contribution is -0.131. The maximum absolute atomic E-state index is 12.4. The fraction of sp³-hybridized carbons (Fsp3) is 0.448. The van der Waals surface area contributed by atoms with E-state index in [4.69, 9.17) is 4.74 Å². The molecule has 1 saturated heterocycles. The molecule has 8 nitrogen and oxygen atoms in total. The summed E-state index contributed by atoms with van der Waals surface area (Å²) in [6, 6.07) is 15.5. The summed E-state index contributed by atoms with van der Waals surface area (Å²) in [5, 5.41) is 5.52. The Morgan fingerprint density at radius 2 is 1.35 bits per heavy atom. The molecule has 3 amide bonds. The van der Waals surface area contributed by atoms with Crippen molar-refractivity contribution in [3.63, 3.8) is 0 Å². The van der Waals surface area contributed by atoms with Gasteiger partial charge < -0.3 is 4.74 Å². The van der Waals surface area contributed by atoms with Gasteiger partial charge in [0.05, 0.1) is 7.11 Å². The second kappa shape index (κ2) is 14.8. The van der Waals surface area contributed by atoms with Crippen molar-refractivity contribution < 1.29 is 19.1 Å². The van der Waals surface area contributed by atoms with Crippen LogP contribution in [0.25, 0.3) is 0 Å². The molecule has 2 aliphatic rings. The molecule has 0 spiro atoms. The summed E-state index contributed by atoms with van der Waals surface area (Å²) in [6.45, 7) is 14.0. The zero-order valence-electron chi connectivity index (χ0n) is 23.6. The van der Waals surface area contributed by atoms with Crippen LogP contribution in [0.15, 0.2) is 53.6 Å². The van der Waals surface area contributed by atoms with Crippen molar-refractivity contribution in [3.8, 4) is 0 Å². The second-order valence-electron chi connectivity index (χ2n) is 8.04. The third kappa shape index (κ3) is 6.56. The minimum atomic E-state index is -0.809. The molecule has 4 rings (SSSR count). The Bertz CT molecular complexity index is 1080. The molecule has 8 heteroatoms. The van der Waals surface area contributed by atoms with Gasteiger partial charge in [0.2, 0.25) is 5.90 Å². The van der Waals surface area contributed by atoms with E-state index in [1.165, 1.54) is 5.01 Å². The van der Waals surface area contributed by atoms with Crippen molar-refractivity contribution in [1.82, 2.24) is 15.9 Å². The maximum Gasteiger partial charge on any atom is 0.262 e. The number of nitrogens with one attached hydrogen (secondary N) is 2. The van der Waals surface area contributed by atoms with Crippen molar-refractivity contribution in [1.29, 1.82) is 0 Å². The Morgan fingerprint density at radius 1 is 0.865 bits per heavy atom. The molecule has 0 saturated carbocycles. The van der Waals surface area contributed by atoms with Gasteiger partial charge in [0.25, 0.3) is 17.7 Å². The van der Waals surface area contributed by atoms with Gasteiger partial charge in [-0.2, -0.15) is 0 Å². The minimum absolute atomic E-state index is 0.0553. The quantitative estimate of drug-likeness (QED) is 0.592. The number of hydrogen-bond donors (Lipinski definition) is 2. The predicted octanol–water partition coefficient (Wildman–Crippen LogP) is 4.48. The van der Waals surface area contributed by atoms with Crippen molar-refractivity contribution in [2.45, 2.75) is 72.6 Å². The molecule has 202 valence electrons. The molecular formula is C29H42N4O4. The summed E-state index contributed by atoms with van der Waals surface area (Å²) >= 11 is 0. The molecule has 0 aromatic heterocycles. The average Bonchev–Trinajstić information content (AvgIpc) is 3.41. The van der Waals surface area contributed by atoms with Gasteiger partial charge in [0.1, 0.15) is 5.92 Å². The van der Waals surface area contributed by atoms with Crippen LogP contribution in [0.2, 0.25) is 0 Å². The monoisotopic (exact) mass is 510 g/mol. The number of ether oxygens (including phenoxy) is 1. The highest BCUT2D eigenvalue weighted by Crippen LogP contribution is 2.35. The molecule has 0 bridgehead atoms. The van der Waals surface area contributed by atoms with E-state index >= 15 is 0 Å². The Morgan fingerprint density at radius 3 is 1.86 bits per heavy atom. The first-order chi connectivity index (χ1) is 17.8. The fourth-order valence-electron chi connectivity index (χ4n) is 4.30. The van der Waals surface area contributed by atoms with Gasteiger partial charge in [0.15, 0.2) is 5.41 Å². The molecular weight excluding hydrogens is 468 g/mol. The van der Waals surface area contributed by atoms with Gasteiger partial charge in [-0.3, -0.25) is 25.2 Å². The SMILES string of the molecule is CC.CC.CCc1ccccc1C1(C)C(=O)N(C)N=C1OC.CCc1ccccc1C1C(=O)NNC1=O. The van der Waals surface area contributed by atoms with Crippen LogP contribution in [0.4, 0.5) is 0 Å². The highest BCUT2D eigenvalue weighted by Gasteiger charge is 2.49. The number of hydrogen-bond acceptors (Lipinski definition) is 5. The van der Waals surface area contributed by atoms with Gasteiger partial charge in [-0.1, -0.05) is 90.1 Å². The van der Waals surface area contributed by atoms with E-state index in [-0.39, 0.29) is 17.7 Å². The van der Waals surface area contributed by atoms with E-state index in [2.05, 4.69) is 22.9 Å². The summed E-state index contributed by atoms with van der Waals surface area (Å²) in [7, 11) is 3.21. The topological polar surface area (TPSA) is 100 Å². The van der Waals surface area contributed by atoms with Crippen molar-refractivity contribution >= 4 is 23.6 Å². The van der Waals surface area contributed by atoms with Gasteiger partial charge in [0, 0.05) is 7.05 Å². The van der Waals surface area contributed by atoms with Crippen LogP contribution in [0.5, 0.6) is 0 Å². The molecule has 2 N–H and O–H groups in total. The molecule has 2 aromatic carbocycles. The van der Waals surface area contributed by atoms with Crippen LogP contribution >= 0.6 is 0 Å². The number of methoxy groups -OCH3 is 1. The summed E-state index contributed by atoms with van der Waals surface area (Å²) in [5.74, 6) is -0.848. The lowest BCUT2D eigenvalue weighted by Crippen LogP contribution is -2.41. The third-order valence-corrected chi connectivity index (χ3v) is 6.10. The van der Waals surface area contributed by atoms with Crippen LogP contribution in [0.1, 0.15) is 76.6 Å². The number of benzene rings is 2. The lowest BCUT2D eigenvalue weighted by Gasteiger charge is -2.25. The number of carbonyl (C=O) groups is 3. The number of aryl methyl sites for hydroxylation is 2. The van der Waals surface area contributed by atoms with Gasteiger partial charge in [-0.15, -0.1) is 5.10 Å². The van der Waals surface area contributed by atoms with Crippen LogP contribution in [-0.2, 0) is 37.4 Å². The normalized spacial score (nSPS) is 18.2. The van der Waals surface area contributed by atoms with Gasteiger partial charge in [-0.05, 0) is 42.0 Å². The van der Waals surface area contributed by atoms with E-state index in [1.54, 1.807) is 14.2 Å². The van der Waals surface area contributed by atoms with Gasteiger partial charge >= 0.3 is 0 Å². The van der Waals surface area contributed by atoms with Crippen molar-refractivity contribution in [3.05, 3.63) is 70.8 Å². The van der Waals surface area contributed by atoms with E-state index in [1.807, 2.05) is 90.1 Å². The molecule has 1 atom stereocenters. The Labute approximate surface area is 221 Å². The molecule has 1 unspecified atom stereocenters. The first kappa shape index (κ1) is 31.4. The second-order valence-corrected chi connectivity index (χ2v) is 8.04. The number of rotatable bonds is 4. The Balaban J connectivity index is 0.000000330. The number of hydrazine groups is 1. The number of carbonyl (C=O) groups excluding carboxylic acids is 3. The van der Waals surface area contributed by atoms with Crippen LogP contribution in [0, 0.1) is 0 Å². The Kier molecular flexibility index (Phi) is 12.5. The molecule has 0 radical (unpaired) electrons. The number of nitrogens with zero attached hydrogens (tertiary/aromatic N) is 2. The molecule has 37 heavy (non-hydrogen) atoms.